The van der Waals surface area contributed by atoms with E-state index in [-0.39, 0.29) is 0 Å². The fraction of sp³-hybridized carbons (Fsp3) is 0.286. The van der Waals surface area contributed by atoms with E-state index in [1.54, 1.807) is 7.11 Å². The third kappa shape index (κ3) is 2.93. The van der Waals surface area contributed by atoms with Gasteiger partial charge >= 0.3 is 5.56 Å². The van der Waals surface area contributed by atoms with Gasteiger partial charge in [-0.2, -0.15) is 0 Å². The lowest BCUT2D eigenvalue weighted by Crippen LogP contribution is -2.36. The van der Waals surface area contributed by atoms with E-state index in [9.17, 15) is 9.59 Å². The van der Waals surface area contributed by atoms with E-state index in [1.807, 2.05) is 31.2 Å². The van der Waals surface area contributed by atoms with Crippen LogP contribution in [0, 0.1) is 0 Å². The molecular weight excluding hydrogens is 244 g/mol. The number of aromatic nitrogens is 2. The Morgan fingerprint density at radius 3 is 2.47 bits per heavy atom. The predicted molar refractivity (Wildman–Crippen MR) is 72.8 cm³/mol. The van der Waals surface area contributed by atoms with Crippen LogP contribution in [0.2, 0.25) is 0 Å². The topological polar surface area (TPSA) is 64.1 Å². The van der Waals surface area contributed by atoms with Gasteiger partial charge < -0.3 is 4.74 Å². The largest absolute Gasteiger partial charge is 0.497 e. The Morgan fingerprint density at radius 2 is 1.89 bits per heavy atom. The summed E-state index contributed by atoms with van der Waals surface area (Å²) in [4.78, 5) is 23.3. The van der Waals surface area contributed by atoms with Gasteiger partial charge in [0.05, 0.1) is 13.7 Å². The minimum Gasteiger partial charge on any atom is -0.497 e. The molecule has 0 unspecified atom stereocenters. The highest BCUT2D eigenvalue weighted by Crippen LogP contribution is 2.11. The van der Waals surface area contributed by atoms with Gasteiger partial charge in [0.1, 0.15) is 5.75 Å². The summed E-state index contributed by atoms with van der Waals surface area (Å²) in [5.74, 6) is 0.756. The van der Waals surface area contributed by atoms with Crippen LogP contribution >= 0.6 is 0 Å². The molecule has 0 saturated carbocycles. The molecule has 1 aromatic heterocycles. The van der Waals surface area contributed by atoms with Crippen LogP contribution in [0.3, 0.4) is 0 Å². The number of hydrogen-bond acceptors (Lipinski definition) is 3. The SMILES string of the molecule is CCc1cc(=O)c(=O)n(Cc2ccc(OC)cc2)[nH]1. The van der Waals surface area contributed by atoms with Gasteiger partial charge in [-0.1, -0.05) is 19.1 Å². The molecule has 0 spiro atoms. The monoisotopic (exact) mass is 260 g/mol. The van der Waals surface area contributed by atoms with Crippen LogP contribution in [0.15, 0.2) is 39.9 Å². The number of methoxy groups -OCH3 is 1. The highest BCUT2D eigenvalue weighted by atomic mass is 16.5. The number of benzene rings is 1. The van der Waals surface area contributed by atoms with Crippen LogP contribution in [0.1, 0.15) is 18.2 Å². The second kappa shape index (κ2) is 5.56. The van der Waals surface area contributed by atoms with Crippen LogP contribution in [0.4, 0.5) is 0 Å². The molecule has 100 valence electrons. The van der Waals surface area contributed by atoms with Gasteiger partial charge in [-0.3, -0.25) is 14.7 Å². The first-order valence-corrected chi connectivity index (χ1v) is 6.10. The van der Waals surface area contributed by atoms with Gasteiger partial charge in [-0.15, -0.1) is 0 Å². The highest BCUT2D eigenvalue weighted by molar-refractivity contribution is 5.27. The standard InChI is InChI=1S/C14H16N2O3/c1-3-11-8-13(17)14(18)16(15-11)9-10-4-6-12(19-2)7-5-10/h4-8,15H,3,9H2,1-2H3. The first-order valence-electron chi connectivity index (χ1n) is 6.10. The second-order valence-electron chi connectivity index (χ2n) is 4.24. The predicted octanol–water partition coefficient (Wildman–Crippen LogP) is 1.16. The molecule has 0 aliphatic heterocycles. The third-order valence-electron chi connectivity index (χ3n) is 2.92. The van der Waals surface area contributed by atoms with Gasteiger partial charge in [0.2, 0.25) is 5.43 Å². The summed E-state index contributed by atoms with van der Waals surface area (Å²) >= 11 is 0. The van der Waals surface area contributed by atoms with Crippen molar-refractivity contribution >= 4 is 0 Å². The quantitative estimate of drug-likeness (QED) is 0.839. The molecule has 0 aliphatic carbocycles. The molecule has 1 heterocycles. The first-order chi connectivity index (χ1) is 9.13. The van der Waals surface area contributed by atoms with Crippen molar-refractivity contribution in [2.75, 3.05) is 7.11 Å². The van der Waals surface area contributed by atoms with Gasteiger partial charge in [-0.05, 0) is 24.1 Å². The Hall–Kier alpha value is -2.30. The van der Waals surface area contributed by atoms with Crippen molar-refractivity contribution in [3.8, 4) is 5.75 Å². The van der Waals surface area contributed by atoms with Crippen molar-refractivity contribution in [1.82, 2.24) is 9.78 Å². The van der Waals surface area contributed by atoms with Gasteiger partial charge in [0.25, 0.3) is 0 Å². The summed E-state index contributed by atoms with van der Waals surface area (Å²) in [6, 6.07) is 8.72. The molecule has 0 amide bonds. The number of ether oxygens (including phenoxy) is 1. The Kier molecular flexibility index (Phi) is 3.85. The fourth-order valence-electron chi connectivity index (χ4n) is 1.82. The number of hydrogen-bond donors (Lipinski definition) is 1. The normalized spacial score (nSPS) is 10.4. The Balaban J connectivity index is 2.34. The maximum Gasteiger partial charge on any atom is 0.312 e. The zero-order valence-electron chi connectivity index (χ0n) is 11.0. The van der Waals surface area contributed by atoms with E-state index in [1.165, 1.54) is 10.7 Å². The highest BCUT2D eigenvalue weighted by Gasteiger charge is 2.04. The van der Waals surface area contributed by atoms with Crippen LogP contribution in [0.5, 0.6) is 5.75 Å². The van der Waals surface area contributed by atoms with E-state index in [0.717, 1.165) is 17.0 Å². The van der Waals surface area contributed by atoms with Gasteiger partial charge in [-0.25, -0.2) is 4.68 Å². The van der Waals surface area contributed by atoms with Gasteiger partial charge in [0.15, 0.2) is 0 Å². The summed E-state index contributed by atoms with van der Waals surface area (Å²) < 4.78 is 6.41. The lowest BCUT2D eigenvalue weighted by molar-refractivity contribution is 0.414. The summed E-state index contributed by atoms with van der Waals surface area (Å²) in [7, 11) is 1.60. The molecule has 19 heavy (non-hydrogen) atoms. The van der Waals surface area contributed by atoms with Crippen molar-refractivity contribution in [3.63, 3.8) is 0 Å². The molecule has 0 aliphatic rings. The average Bonchev–Trinajstić information content (AvgIpc) is 2.44. The lowest BCUT2D eigenvalue weighted by Gasteiger charge is -2.08. The smallest absolute Gasteiger partial charge is 0.312 e. The second-order valence-corrected chi connectivity index (χ2v) is 4.24. The van der Waals surface area contributed by atoms with Crippen molar-refractivity contribution in [3.05, 3.63) is 62.2 Å². The van der Waals surface area contributed by atoms with E-state index in [2.05, 4.69) is 5.10 Å². The number of aromatic amines is 1. The van der Waals surface area contributed by atoms with Crippen molar-refractivity contribution in [2.24, 2.45) is 0 Å². The van der Waals surface area contributed by atoms with E-state index >= 15 is 0 Å². The molecule has 0 bridgehead atoms. The molecule has 1 N–H and O–H groups in total. The minimum absolute atomic E-state index is 0.339. The first kappa shape index (κ1) is 13.1. The number of H-pyrrole nitrogens is 1. The Labute approximate surface area is 110 Å². The van der Waals surface area contributed by atoms with Crippen LogP contribution < -0.4 is 15.7 Å². The number of rotatable bonds is 4. The molecule has 2 aromatic rings. The Bertz CT molecular complexity index is 668. The van der Waals surface area contributed by atoms with E-state index in [0.29, 0.717) is 13.0 Å². The van der Waals surface area contributed by atoms with E-state index in [4.69, 9.17) is 4.74 Å². The number of nitrogens with zero attached hydrogens (tertiary/aromatic N) is 1. The summed E-state index contributed by atoms with van der Waals surface area (Å²) in [6.45, 7) is 2.26. The maximum atomic E-state index is 11.8. The molecule has 2 rings (SSSR count). The van der Waals surface area contributed by atoms with Crippen molar-refractivity contribution in [2.45, 2.75) is 19.9 Å². The molecule has 0 radical (unpaired) electrons. The average molecular weight is 260 g/mol. The molecule has 1 aromatic carbocycles. The third-order valence-corrected chi connectivity index (χ3v) is 2.92. The van der Waals surface area contributed by atoms with Crippen LogP contribution in [-0.2, 0) is 13.0 Å². The van der Waals surface area contributed by atoms with Crippen LogP contribution in [-0.4, -0.2) is 16.9 Å². The molecule has 0 fully saturated rings. The molecule has 0 atom stereocenters. The Morgan fingerprint density at radius 1 is 1.21 bits per heavy atom. The molecular formula is C14H16N2O3. The minimum atomic E-state index is -0.534. The van der Waals surface area contributed by atoms with Crippen molar-refractivity contribution < 1.29 is 4.74 Å². The molecule has 5 heteroatoms. The molecule has 5 nitrogen and oxygen atoms in total. The molecule has 0 saturated heterocycles. The summed E-state index contributed by atoms with van der Waals surface area (Å²) in [5, 5.41) is 2.95. The summed E-state index contributed by atoms with van der Waals surface area (Å²) in [5.41, 5.74) is 0.655. The summed E-state index contributed by atoms with van der Waals surface area (Å²) in [6.07, 6.45) is 0.679. The fourth-order valence-corrected chi connectivity index (χ4v) is 1.82. The zero-order chi connectivity index (χ0) is 13.8. The number of aryl methyl sites for hydroxylation is 1. The lowest BCUT2D eigenvalue weighted by atomic mass is 10.2. The van der Waals surface area contributed by atoms with Gasteiger partial charge in [0, 0.05) is 11.8 Å². The van der Waals surface area contributed by atoms with E-state index < -0.39 is 11.0 Å². The number of nitrogens with one attached hydrogen (secondary N) is 1. The maximum absolute atomic E-state index is 11.8. The van der Waals surface area contributed by atoms with Crippen molar-refractivity contribution in [1.29, 1.82) is 0 Å². The zero-order valence-corrected chi connectivity index (χ0v) is 11.0. The van der Waals surface area contributed by atoms with Crippen LogP contribution in [0.25, 0.3) is 0 Å².